The summed E-state index contributed by atoms with van der Waals surface area (Å²) in [4.78, 5) is 15.4. The number of hydrogen-bond acceptors (Lipinski definition) is 2. The molecule has 1 atom stereocenters. The highest BCUT2D eigenvalue weighted by molar-refractivity contribution is 6.31. The van der Waals surface area contributed by atoms with Crippen molar-refractivity contribution >= 4 is 40.1 Å². The lowest BCUT2D eigenvalue weighted by Crippen LogP contribution is -2.20. The maximum Gasteiger partial charge on any atom is 0.237 e. The Balaban J connectivity index is 2.66. The Morgan fingerprint density at radius 1 is 1.59 bits per heavy atom. The van der Waals surface area contributed by atoms with Gasteiger partial charge in [0.2, 0.25) is 5.91 Å². The molecule has 1 aromatic carbocycles. The van der Waals surface area contributed by atoms with Crippen molar-refractivity contribution in [2.24, 2.45) is 5.73 Å². The highest BCUT2D eigenvalue weighted by atomic mass is 35.5. The van der Waals surface area contributed by atoms with Gasteiger partial charge in [-0.2, -0.15) is 0 Å². The summed E-state index contributed by atoms with van der Waals surface area (Å²) in [5, 5.41) is 0.288. The second-order valence-electron chi connectivity index (χ2n) is 3.77. The second kappa shape index (κ2) is 4.55. The van der Waals surface area contributed by atoms with Crippen LogP contribution in [0.2, 0.25) is 5.02 Å². The van der Waals surface area contributed by atoms with E-state index in [-0.39, 0.29) is 11.9 Å². The van der Waals surface area contributed by atoms with Gasteiger partial charge in [0, 0.05) is 5.02 Å². The average molecular weight is 272 g/mol. The molecule has 0 fully saturated rings. The fraction of sp³-hybridized carbons (Fsp3) is 0.273. The molecule has 0 radical (unpaired) electrons. The lowest BCUT2D eigenvalue weighted by atomic mass is 10.3. The predicted octanol–water partition coefficient (Wildman–Crippen LogP) is 2.47. The van der Waals surface area contributed by atoms with Gasteiger partial charge in [-0.3, -0.25) is 4.79 Å². The maximum atomic E-state index is 11.1. The van der Waals surface area contributed by atoms with E-state index in [4.69, 9.17) is 28.9 Å². The number of alkyl halides is 1. The molecule has 0 bridgehead atoms. The zero-order chi connectivity index (χ0) is 12.6. The molecular weight excluding hydrogens is 261 g/mol. The zero-order valence-corrected chi connectivity index (χ0v) is 10.7. The molecule has 2 aromatic rings. The lowest BCUT2D eigenvalue weighted by Gasteiger charge is -2.07. The SMILES string of the molecule is CC(Cl)c1nc2cc(Cl)ccc2n1CC(N)=O. The van der Waals surface area contributed by atoms with Crippen LogP contribution in [0.15, 0.2) is 18.2 Å². The first-order chi connectivity index (χ1) is 7.99. The van der Waals surface area contributed by atoms with Gasteiger partial charge in [0.25, 0.3) is 0 Å². The van der Waals surface area contributed by atoms with Gasteiger partial charge in [-0.05, 0) is 25.1 Å². The normalized spacial score (nSPS) is 12.9. The number of nitrogens with zero attached hydrogens (tertiary/aromatic N) is 2. The molecule has 90 valence electrons. The first kappa shape index (κ1) is 12.2. The Labute approximate surface area is 108 Å². The third-order valence-corrected chi connectivity index (χ3v) is 2.84. The van der Waals surface area contributed by atoms with Gasteiger partial charge in [-0.1, -0.05) is 11.6 Å². The minimum atomic E-state index is -0.433. The average Bonchev–Trinajstić information content (AvgIpc) is 2.55. The number of carbonyl (C=O) groups excluding carboxylic acids is 1. The van der Waals surface area contributed by atoms with Crippen LogP contribution in [0.5, 0.6) is 0 Å². The van der Waals surface area contributed by atoms with Gasteiger partial charge in [-0.25, -0.2) is 4.98 Å². The van der Waals surface area contributed by atoms with E-state index in [1.54, 1.807) is 29.7 Å². The van der Waals surface area contributed by atoms with Crippen LogP contribution in [0.3, 0.4) is 0 Å². The van der Waals surface area contributed by atoms with E-state index >= 15 is 0 Å². The second-order valence-corrected chi connectivity index (χ2v) is 4.86. The van der Waals surface area contributed by atoms with Crippen molar-refractivity contribution in [3.8, 4) is 0 Å². The number of halogens is 2. The minimum Gasteiger partial charge on any atom is -0.368 e. The lowest BCUT2D eigenvalue weighted by molar-refractivity contribution is -0.118. The number of primary amides is 1. The fourth-order valence-corrected chi connectivity index (χ4v) is 2.08. The third-order valence-electron chi connectivity index (χ3n) is 2.41. The summed E-state index contributed by atoms with van der Waals surface area (Å²) in [7, 11) is 0. The largest absolute Gasteiger partial charge is 0.368 e. The molecule has 0 aliphatic rings. The Bertz CT molecular complexity index is 577. The molecule has 17 heavy (non-hydrogen) atoms. The van der Waals surface area contributed by atoms with Crippen LogP contribution in [0.1, 0.15) is 18.1 Å². The number of nitrogens with two attached hydrogens (primary N) is 1. The number of benzene rings is 1. The van der Waals surface area contributed by atoms with E-state index in [1.807, 2.05) is 0 Å². The van der Waals surface area contributed by atoms with Crippen molar-refractivity contribution in [1.29, 1.82) is 0 Å². The van der Waals surface area contributed by atoms with Gasteiger partial charge in [0.15, 0.2) is 0 Å². The summed E-state index contributed by atoms with van der Waals surface area (Å²) < 4.78 is 1.71. The van der Waals surface area contributed by atoms with Crippen molar-refractivity contribution in [2.75, 3.05) is 0 Å². The summed E-state index contributed by atoms with van der Waals surface area (Å²) in [6, 6.07) is 5.28. The van der Waals surface area contributed by atoms with Crippen LogP contribution in [0.4, 0.5) is 0 Å². The highest BCUT2D eigenvalue weighted by Crippen LogP contribution is 2.26. The van der Waals surface area contributed by atoms with Crippen molar-refractivity contribution < 1.29 is 4.79 Å². The fourth-order valence-electron chi connectivity index (χ4n) is 1.75. The van der Waals surface area contributed by atoms with Crippen LogP contribution in [0.25, 0.3) is 11.0 Å². The van der Waals surface area contributed by atoms with E-state index in [0.29, 0.717) is 16.4 Å². The first-order valence-electron chi connectivity index (χ1n) is 5.07. The van der Waals surface area contributed by atoms with Gasteiger partial charge in [0.1, 0.15) is 12.4 Å². The van der Waals surface area contributed by atoms with Crippen LogP contribution in [0, 0.1) is 0 Å². The quantitative estimate of drug-likeness (QED) is 0.872. The Morgan fingerprint density at radius 3 is 2.88 bits per heavy atom. The third kappa shape index (κ3) is 2.37. The van der Waals surface area contributed by atoms with Crippen molar-refractivity contribution in [2.45, 2.75) is 18.8 Å². The number of amides is 1. The Kier molecular flexibility index (Phi) is 3.26. The number of hydrogen-bond donors (Lipinski definition) is 1. The molecule has 1 heterocycles. The van der Waals surface area contributed by atoms with Gasteiger partial charge >= 0.3 is 0 Å². The van der Waals surface area contributed by atoms with E-state index in [9.17, 15) is 4.79 Å². The van der Waals surface area contributed by atoms with Crippen LogP contribution < -0.4 is 5.73 Å². The maximum absolute atomic E-state index is 11.1. The molecular formula is C11H11Cl2N3O. The highest BCUT2D eigenvalue weighted by Gasteiger charge is 2.16. The summed E-state index contributed by atoms with van der Waals surface area (Å²) in [6.45, 7) is 1.85. The van der Waals surface area contributed by atoms with E-state index in [2.05, 4.69) is 4.98 Å². The van der Waals surface area contributed by atoms with Crippen LogP contribution in [-0.2, 0) is 11.3 Å². The van der Waals surface area contributed by atoms with Crippen molar-refractivity contribution in [1.82, 2.24) is 9.55 Å². The standard InChI is InChI=1S/C11H11Cl2N3O/c1-6(12)11-15-8-4-7(13)2-3-9(8)16(11)5-10(14)17/h2-4,6H,5H2,1H3,(H2,14,17). The number of rotatable bonds is 3. The number of carbonyl (C=O) groups is 1. The summed E-state index contributed by atoms with van der Waals surface area (Å²) in [5.74, 6) is 0.181. The number of aromatic nitrogens is 2. The molecule has 0 saturated heterocycles. The van der Waals surface area contributed by atoms with E-state index in [0.717, 1.165) is 5.52 Å². The first-order valence-corrected chi connectivity index (χ1v) is 5.88. The summed E-state index contributed by atoms with van der Waals surface area (Å²) in [5.41, 5.74) is 6.73. The molecule has 0 aliphatic heterocycles. The molecule has 2 rings (SSSR count). The minimum absolute atomic E-state index is 0.0600. The molecule has 0 aliphatic carbocycles. The van der Waals surface area contributed by atoms with Crippen molar-refractivity contribution in [3.63, 3.8) is 0 Å². The molecule has 0 spiro atoms. The van der Waals surface area contributed by atoms with E-state index < -0.39 is 5.91 Å². The predicted molar refractivity (Wildman–Crippen MR) is 68.2 cm³/mol. The molecule has 1 unspecified atom stereocenters. The van der Waals surface area contributed by atoms with Crippen molar-refractivity contribution in [3.05, 3.63) is 29.0 Å². The van der Waals surface area contributed by atoms with Crippen LogP contribution in [-0.4, -0.2) is 15.5 Å². The van der Waals surface area contributed by atoms with Crippen LogP contribution >= 0.6 is 23.2 Å². The molecule has 6 heteroatoms. The molecule has 2 N–H and O–H groups in total. The number of fused-ring (bicyclic) bond motifs is 1. The molecule has 0 saturated carbocycles. The Morgan fingerprint density at radius 2 is 2.29 bits per heavy atom. The van der Waals surface area contributed by atoms with Gasteiger partial charge < -0.3 is 10.3 Å². The molecule has 4 nitrogen and oxygen atoms in total. The van der Waals surface area contributed by atoms with E-state index in [1.165, 1.54) is 0 Å². The number of imidazole rings is 1. The zero-order valence-electron chi connectivity index (χ0n) is 9.15. The monoisotopic (exact) mass is 271 g/mol. The molecule has 1 aromatic heterocycles. The van der Waals surface area contributed by atoms with Gasteiger partial charge in [-0.15, -0.1) is 11.6 Å². The van der Waals surface area contributed by atoms with Gasteiger partial charge in [0.05, 0.1) is 16.4 Å². The smallest absolute Gasteiger partial charge is 0.237 e. The molecule has 1 amide bonds. The Hall–Kier alpha value is -1.26. The topological polar surface area (TPSA) is 60.9 Å². The summed E-state index contributed by atoms with van der Waals surface area (Å²) in [6.07, 6.45) is 0. The summed E-state index contributed by atoms with van der Waals surface area (Å²) >= 11 is 11.9.